The molecule has 5 nitrogen and oxygen atoms in total. The third-order valence-corrected chi connectivity index (χ3v) is 7.59. The van der Waals surface area contributed by atoms with Gasteiger partial charge in [-0.1, -0.05) is 54.9 Å². The first-order chi connectivity index (χ1) is 14.9. The number of sulfone groups is 1. The molecular weight excluding hydrogens is 432 g/mol. The Hall–Kier alpha value is -2.70. The van der Waals surface area contributed by atoms with Crippen LogP contribution in [0.3, 0.4) is 0 Å². The number of hydrogen-bond acceptors (Lipinski definition) is 4. The van der Waals surface area contributed by atoms with Gasteiger partial charge >= 0.3 is 0 Å². The highest BCUT2D eigenvalue weighted by Gasteiger charge is 2.27. The highest BCUT2D eigenvalue weighted by Crippen LogP contribution is 2.38. The van der Waals surface area contributed by atoms with Gasteiger partial charge in [-0.2, -0.15) is 0 Å². The minimum absolute atomic E-state index is 0.0622. The molecule has 3 aromatic rings. The molecule has 1 aliphatic rings. The third-order valence-electron chi connectivity index (χ3n) is 5.54. The maximum absolute atomic E-state index is 13.1. The Morgan fingerprint density at radius 1 is 1.13 bits per heavy atom. The van der Waals surface area contributed by atoms with E-state index in [1.165, 1.54) is 0 Å². The summed E-state index contributed by atoms with van der Waals surface area (Å²) in [6.07, 6.45) is 3.49. The van der Waals surface area contributed by atoms with Crippen LogP contribution in [0, 0.1) is 0 Å². The lowest BCUT2D eigenvalue weighted by Crippen LogP contribution is -2.30. The van der Waals surface area contributed by atoms with Crippen LogP contribution in [-0.4, -0.2) is 37.4 Å². The minimum Gasteiger partial charge on any atom is -0.351 e. The molecule has 4 rings (SSSR count). The third kappa shape index (κ3) is 4.50. The number of rotatable bonds is 6. The quantitative estimate of drug-likeness (QED) is 0.593. The number of nitrogens with one attached hydrogen (secondary N) is 1. The average molecular weight is 455 g/mol. The molecule has 0 atom stereocenters. The van der Waals surface area contributed by atoms with Crippen LogP contribution in [0.25, 0.3) is 22.6 Å². The van der Waals surface area contributed by atoms with Crippen LogP contribution in [0.1, 0.15) is 40.5 Å². The Morgan fingerprint density at radius 3 is 2.65 bits per heavy atom. The first-order valence-electron chi connectivity index (χ1n) is 10.3. The number of allylic oxidation sites excluding steroid dienone is 1. The lowest BCUT2D eigenvalue weighted by Gasteiger charge is -2.13. The number of carbonyl (C=O) groups excluding carboxylic acids is 1. The van der Waals surface area contributed by atoms with E-state index in [1.54, 1.807) is 6.92 Å². The number of benzene rings is 2. The van der Waals surface area contributed by atoms with E-state index in [2.05, 4.69) is 5.32 Å². The van der Waals surface area contributed by atoms with Crippen molar-refractivity contribution in [3.63, 3.8) is 0 Å². The van der Waals surface area contributed by atoms with E-state index >= 15 is 0 Å². The van der Waals surface area contributed by atoms with Crippen molar-refractivity contribution in [2.24, 2.45) is 0 Å². The zero-order chi connectivity index (χ0) is 22.0. The molecule has 0 radical (unpaired) electrons. The molecule has 1 heterocycles. The van der Waals surface area contributed by atoms with Crippen LogP contribution in [0.15, 0.2) is 48.5 Å². The fourth-order valence-corrected chi connectivity index (χ4v) is 4.76. The van der Waals surface area contributed by atoms with Crippen molar-refractivity contribution >= 4 is 49.9 Å². The lowest BCUT2D eigenvalue weighted by atomic mass is 10.00. The Labute approximate surface area is 187 Å². The molecule has 0 saturated carbocycles. The molecular formula is C24H23ClN2O3S. The number of hydrogen-bond donors (Lipinski definition) is 1. The predicted octanol–water partition coefficient (Wildman–Crippen LogP) is 4.54. The Bertz CT molecular complexity index is 1300. The molecule has 160 valence electrons. The van der Waals surface area contributed by atoms with E-state index in [0.29, 0.717) is 17.0 Å². The monoisotopic (exact) mass is 454 g/mol. The van der Waals surface area contributed by atoms with Gasteiger partial charge in [0.2, 0.25) is 0 Å². The largest absolute Gasteiger partial charge is 0.351 e. The summed E-state index contributed by atoms with van der Waals surface area (Å²) in [4.78, 5) is 18.0. The molecule has 0 unspecified atom stereocenters. The van der Waals surface area contributed by atoms with Crippen molar-refractivity contribution in [2.75, 3.05) is 18.1 Å². The first kappa shape index (κ1) is 21.5. The molecule has 31 heavy (non-hydrogen) atoms. The van der Waals surface area contributed by atoms with Crippen LogP contribution in [0.4, 0.5) is 0 Å². The topological polar surface area (TPSA) is 76.1 Å². The molecule has 0 saturated heterocycles. The van der Waals surface area contributed by atoms with E-state index in [4.69, 9.17) is 16.6 Å². The number of pyridine rings is 1. The van der Waals surface area contributed by atoms with Crippen LogP contribution in [0.5, 0.6) is 0 Å². The summed E-state index contributed by atoms with van der Waals surface area (Å²) in [5, 5.41) is 4.24. The van der Waals surface area contributed by atoms with Gasteiger partial charge in [0.25, 0.3) is 5.91 Å². The number of aromatic nitrogens is 1. The van der Waals surface area contributed by atoms with Crippen molar-refractivity contribution < 1.29 is 13.2 Å². The van der Waals surface area contributed by atoms with Gasteiger partial charge in [0.15, 0.2) is 9.84 Å². The van der Waals surface area contributed by atoms with E-state index in [0.717, 1.165) is 39.7 Å². The number of halogens is 1. The molecule has 1 N–H and O–H groups in total. The highest BCUT2D eigenvalue weighted by molar-refractivity contribution is 7.91. The fraction of sp³-hybridized carbons (Fsp3) is 0.250. The molecule has 0 bridgehead atoms. The second-order valence-corrected chi connectivity index (χ2v) is 10.4. The molecule has 0 spiro atoms. The predicted molar refractivity (Wildman–Crippen MR) is 126 cm³/mol. The maximum atomic E-state index is 13.1. The number of nitrogens with zero attached hydrogens (tertiary/aromatic N) is 1. The van der Waals surface area contributed by atoms with Crippen molar-refractivity contribution in [1.82, 2.24) is 10.3 Å². The van der Waals surface area contributed by atoms with Gasteiger partial charge in [0.05, 0.1) is 22.5 Å². The van der Waals surface area contributed by atoms with Gasteiger partial charge < -0.3 is 5.32 Å². The van der Waals surface area contributed by atoms with Crippen molar-refractivity contribution in [1.29, 1.82) is 0 Å². The molecule has 7 heteroatoms. The summed E-state index contributed by atoms with van der Waals surface area (Å²) >= 11 is 6.33. The number of para-hydroxylation sites is 1. The second-order valence-electron chi connectivity index (χ2n) is 7.51. The van der Waals surface area contributed by atoms with Crippen LogP contribution in [0.2, 0.25) is 5.02 Å². The average Bonchev–Trinajstić information content (AvgIpc) is 3.15. The highest BCUT2D eigenvalue weighted by atomic mass is 35.5. The van der Waals surface area contributed by atoms with Gasteiger partial charge in [-0.25, -0.2) is 13.4 Å². The SMILES string of the molecule is CCS(=O)(=O)CCNC(=O)c1c2c(nc3ccccc13)/C(=C\c1ccccc1Cl)CC2. The van der Waals surface area contributed by atoms with Gasteiger partial charge in [-0.3, -0.25) is 4.79 Å². The zero-order valence-electron chi connectivity index (χ0n) is 17.2. The summed E-state index contributed by atoms with van der Waals surface area (Å²) in [6, 6.07) is 15.2. The molecule has 1 amide bonds. The summed E-state index contributed by atoms with van der Waals surface area (Å²) in [5.41, 5.74) is 4.98. The van der Waals surface area contributed by atoms with E-state index in [1.807, 2.05) is 54.6 Å². The standard InChI is InChI=1S/C24H23ClN2O3S/c1-2-31(29,30)14-13-26-24(28)22-18-8-4-6-10-21(18)27-23-17(11-12-19(22)23)15-16-7-3-5-9-20(16)25/h3-10,15H,2,11-14H2,1H3,(H,26,28)/b17-15-. The van der Waals surface area contributed by atoms with Crippen molar-refractivity contribution in [2.45, 2.75) is 19.8 Å². The maximum Gasteiger partial charge on any atom is 0.252 e. The van der Waals surface area contributed by atoms with Crippen molar-refractivity contribution in [3.05, 3.63) is 75.9 Å². The first-order valence-corrected chi connectivity index (χ1v) is 12.5. The van der Waals surface area contributed by atoms with E-state index in [-0.39, 0.29) is 24.0 Å². The van der Waals surface area contributed by atoms with Gasteiger partial charge in [0, 0.05) is 22.7 Å². The normalized spacial score (nSPS) is 14.7. The molecule has 0 fully saturated rings. The Morgan fingerprint density at radius 2 is 1.87 bits per heavy atom. The molecule has 0 aliphatic heterocycles. The minimum atomic E-state index is -3.15. The zero-order valence-corrected chi connectivity index (χ0v) is 18.8. The molecule has 1 aliphatic carbocycles. The summed E-state index contributed by atoms with van der Waals surface area (Å²) in [5.74, 6) is -0.273. The van der Waals surface area contributed by atoms with Crippen LogP contribution in [-0.2, 0) is 16.3 Å². The second kappa shape index (κ2) is 8.81. The molecule has 2 aromatic carbocycles. The fourth-order valence-electron chi connectivity index (χ4n) is 3.87. The number of amides is 1. The molecule has 1 aromatic heterocycles. The van der Waals surface area contributed by atoms with Crippen LogP contribution >= 0.6 is 11.6 Å². The Kier molecular flexibility index (Phi) is 6.12. The number of fused-ring (bicyclic) bond motifs is 2. The Balaban J connectivity index is 1.75. The van der Waals surface area contributed by atoms with Gasteiger partial charge in [-0.05, 0) is 47.8 Å². The van der Waals surface area contributed by atoms with Gasteiger partial charge in [-0.15, -0.1) is 0 Å². The van der Waals surface area contributed by atoms with E-state index in [9.17, 15) is 13.2 Å². The van der Waals surface area contributed by atoms with Crippen molar-refractivity contribution in [3.8, 4) is 0 Å². The number of carbonyl (C=O) groups is 1. The summed E-state index contributed by atoms with van der Waals surface area (Å²) in [7, 11) is -3.15. The lowest BCUT2D eigenvalue weighted by molar-refractivity contribution is 0.0957. The smallest absolute Gasteiger partial charge is 0.252 e. The summed E-state index contributed by atoms with van der Waals surface area (Å²) in [6.45, 7) is 1.69. The van der Waals surface area contributed by atoms with Crippen LogP contribution < -0.4 is 5.32 Å². The summed E-state index contributed by atoms with van der Waals surface area (Å²) < 4.78 is 23.6. The van der Waals surface area contributed by atoms with Gasteiger partial charge in [0.1, 0.15) is 0 Å². The van der Waals surface area contributed by atoms with E-state index < -0.39 is 9.84 Å².